The highest BCUT2D eigenvalue weighted by molar-refractivity contribution is 5.89. The van der Waals surface area contributed by atoms with Crippen molar-refractivity contribution in [2.75, 3.05) is 13.2 Å². The van der Waals surface area contributed by atoms with Crippen molar-refractivity contribution in [3.05, 3.63) is 29.8 Å². The van der Waals surface area contributed by atoms with Gasteiger partial charge in [-0.25, -0.2) is 4.79 Å². The van der Waals surface area contributed by atoms with E-state index in [0.29, 0.717) is 18.8 Å². The molecule has 0 aliphatic heterocycles. The molecule has 0 saturated heterocycles. The van der Waals surface area contributed by atoms with Gasteiger partial charge in [0.05, 0.1) is 18.8 Å². The van der Waals surface area contributed by atoms with Gasteiger partial charge in [-0.2, -0.15) is 0 Å². The van der Waals surface area contributed by atoms with E-state index in [1.54, 1.807) is 12.1 Å². The fourth-order valence-corrected chi connectivity index (χ4v) is 3.24. The standard InChI is InChI=1S/C24H40O3/c1-3-5-6-7-8-9-10-11-12-13-14-15-16-20-27-23-19-17-18-22(21-23)24(25)26-4-2/h17-19,21H,3-16,20H2,1-2H3. The molecule has 0 atom stereocenters. The summed E-state index contributed by atoms with van der Waals surface area (Å²) in [4.78, 5) is 11.7. The Bertz CT molecular complexity index is 484. The lowest BCUT2D eigenvalue weighted by Gasteiger charge is -2.08. The van der Waals surface area contributed by atoms with Gasteiger partial charge in [-0.1, -0.05) is 90.0 Å². The Morgan fingerprint density at radius 3 is 1.89 bits per heavy atom. The summed E-state index contributed by atoms with van der Waals surface area (Å²) >= 11 is 0. The Morgan fingerprint density at radius 1 is 0.778 bits per heavy atom. The Morgan fingerprint density at radius 2 is 1.33 bits per heavy atom. The average Bonchev–Trinajstić information content (AvgIpc) is 2.68. The van der Waals surface area contributed by atoms with E-state index in [1.807, 2.05) is 19.1 Å². The van der Waals surface area contributed by atoms with Crippen LogP contribution in [0.25, 0.3) is 0 Å². The first kappa shape index (κ1) is 23.5. The molecular formula is C24H40O3. The van der Waals surface area contributed by atoms with Crippen LogP contribution >= 0.6 is 0 Å². The summed E-state index contributed by atoms with van der Waals surface area (Å²) in [6.07, 6.45) is 17.5. The molecule has 0 heterocycles. The van der Waals surface area contributed by atoms with Crippen molar-refractivity contribution in [2.24, 2.45) is 0 Å². The topological polar surface area (TPSA) is 35.5 Å². The number of esters is 1. The molecule has 0 aliphatic carbocycles. The van der Waals surface area contributed by atoms with E-state index in [2.05, 4.69) is 6.92 Å². The minimum Gasteiger partial charge on any atom is -0.494 e. The largest absolute Gasteiger partial charge is 0.494 e. The van der Waals surface area contributed by atoms with Gasteiger partial charge in [0.25, 0.3) is 0 Å². The van der Waals surface area contributed by atoms with E-state index in [9.17, 15) is 4.79 Å². The van der Waals surface area contributed by atoms with E-state index < -0.39 is 0 Å². The van der Waals surface area contributed by atoms with Crippen molar-refractivity contribution in [1.29, 1.82) is 0 Å². The summed E-state index contributed by atoms with van der Waals surface area (Å²) in [5, 5.41) is 0. The van der Waals surface area contributed by atoms with Crippen molar-refractivity contribution in [2.45, 2.75) is 97.3 Å². The summed E-state index contributed by atoms with van der Waals surface area (Å²) in [6.45, 7) is 5.19. The molecule has 1 aromatic rings. The summed E-state index contributed by atoms with van der Waals surface area (Å²) in [7, 11) is 0. The lowest BCUT2D eigenvalue weighted by molar-refractivity contribution is 0.0526. The molecule has 0 spiro atoms. The molecule has 0 fully saturated rings. The van der Waals surface area contributed by atoms with Crippen molar-refractivity contribution >= 4 is 5.97 Å². The highest BCUT2D eigenvalue weighted by atomic mass is 16.5. The number of rotatable bonds is 17. The highest BCUT2D eigenvalue weighted by Crippen LogP contribution is 2.16. The number of benzene rings is 1. The molecule has 154 valence electrons. The predicted octanol–water partition coefficient (Wildman–Crippen LogP) is 7.33. The minimum atomic E-state index is -0.288. The van der Waals surface area contributed by atoms with E-state index >= 15 is 0 Å². The van der Waals surface area contributed by atoms with E-state index in [0.717, 1.165) is 12.2 Å². The second kappa shape index (κ2) is 16.6. The first-order chi connectivity index (χ1) is 13.3. The van der Waals surface area contributed by atoms with Crippen LogP contribution in [-0.4, -0.2) is 19.2 Å². The van der Waals surface area contributed by atoms with Crippen LogP contribution in [-0.2, 0) is 4.74 Å². The quantitative estimate of drug-likeness (QED) is 0.211. The molecule has 0 bridgehead atoms. The van der Waals surface area contributed by atoms with Gasteiger partial charge >= 0.3 is 5.97 Å². The van der Waals surface area contributed by atoms with Crippen LogP contribution in [0.4, 0.5) is 0 Å². The lowest BCUT2D eigenvalue weighted by atomic mass is 10.0. The van der Waals surface area contributed by atoms with Gasteiger partial charge in [0.2, 0.25) is 0 Å². The smallest absolute Gasteiger partial charge is 0.338 e. The molecule has 0 amide bonds. The Kier molecular flexibility index (Phi) is 14.5. The minimum absolute atomic E-state index is 0.288. The first-order valence-corrected chi connectivity index (χ1v) is 11.2. The van der Waals surface area contributed by atoms with Gasteiger partial charge in [-0.05, 0) is 31.5 Å². The Hall–Kier alpha value is -1.51. The van der Waals surface area contributed by atoms with Crippen LogP contribution < -0.4 is 4.74 Å². The maximum Gasteiger partial charge on any atom is 0.338 e. The molecule has 1 rings (SSSR count). The van der Waals surface area contributed by atoms with Gasteiger partial charge in [0.15, 0.2) is 0 Å². The fraction of sp³-hybridized carbons (Fsp3) is 0.708. The molecule has 0 aliphatic rings. The van der Waals surface area contributed by atoms with Gasteiger partial charge in [-0.15, -0.1) is 0 Å². The number of carbonyl (C=O) groups is 1. The summed E-state index contributed by atoms with van der Waals surface area (Å²) in [5.74, 6) is 0.461. The second-order valence-electron chi connectivity index (χ2n) is 7.34. The highest BCUT2D eigenvalue weighted by Gasteiger charge is 2.07. The van der Waals surface area contributed by atoms with Crippen LogP contribution in [0, 0.1) is 0 Å². The Balaban J connectivity index is 1.94. The zero-order chi connectivity index (χ0) is 19.6. The van der Waals surface area contributed by atoms with Gasteiger partial charge in [0.1, 0.15) is 5.75 Å². The molecule has 0 unspecified atom stereocenters. The van der Waals surface area contributed by atoms with Gasteiger partial charge in [0, 0.05) is 0 Å². The zero-order valence-electron chi connectivity index (χ0n) is 17.6. The molecule has 0 saturated carbocycles. The van der Waals surface area contributed by atoms with Crippen LogP contribution in [0.3, 0.4) is 0 Å². The normalized spacial score (nSPS) is 10.7. The third kappa shape index (κ3) is 12.5. The SMILES string of the molecule is CCCCCCCCCCCCCCCOc1cccc(C(=O)OCC)c1. The fourth-order valence-electron chi connectivity index (χ4n) is 3.24. The number of carbonyl (C=O) groups excluding carboxylic acids is 1. The van der Waals surface area contributed by atoms with Crippen LogP contribution in [0.15, 0.2) is 24.3 Å². The number of hydrogen-bond donors (Lipinski definition) is 0. The molecule has 0 radical (unpaired) electrons. The molecule has 3 heteroatoms. The molecule has 1 aromatic carbocycles. The second-order valence-corrected chi connectivity index (χ2v) is 7.34. The monoisotopic (exact) mass is 376 g/mol. The van der Waals surface area contributed by atoms with Crippen LogP contribution in [0.5, 0.6) is 5.75 Å². The number of ether oxygens (including phenoxy) is 2. The van der Waals surface area contributed by atoms with Crippen molar-refractivity contribution in [1.82, 2.24) is 0 Å². The first-order valence-electron chi connectivity index (χ1n) is 11.2. The lowest BCUT2D eigenvalue weighted by Crippen LogP contribution is -2.05. The summed E-state index contributed by atoms with van der Waals surface area (Å²) < 4.78 is 10.8. The molecule has 27 heavy (non-hydrogen) atoms. The van der Waals surface area contributed by atoms with Crippen LogP contribution in [0.1, 0.15) is 108 Å². The van der Waals surface area contributed by atoms with Crippen molar-refractivity contribution in [3.8, 4) is 5.75 Å². The summed E-state index contributed by atoms with van der Waals surface area (Å²) in [5.41, 5.74) is 0.555. The summed E-state index contributed by atoms with van der Waals surface area (Å²) in [6, 6.07) is 7.26. The number of hydrogen-bond acceptors (Lipinski definition) is 3. The third-order valence-corrected chi connectivity index (χ3v) is 4.86. The predicted molar refractivity (Wildman–Crippen MR) is 114 cm³/mol. The molecule has 0 aromatic heterocycles. The van der Waals surface area contributed by atoms with E-state index in [-0.39, 0.29) is 5.97 Å². The zero-order valence-corrected chi connectivity index (χ0v) is 17.6. The van der Waals surface area contributed by atoms with Gasteiger partial charge < -0.3 is 9.47 Å². The van der Waals surface area contributed by atoms with E-state index in [4.69, 9.17) is 9.47 Å². The molecule has 3 nitrogen and oxygen atoms in total. The van der Waals surface area contributed by atoms with E-state index in [1.165, 1.54) is 77.0 Å². The Labute approximate surface area is 166 Å². The maximum atomic E-state index is 11.7. The van der Waals surface area contributed by atoms with Crippen molar-refractivity contribution < 1.29 is 14.3 Å². The van der Waals surface area contributed by atoms with Gasteiger partial charge in [-0.3, -0.25) is 0 Å². The third-order valence-electron chi connectivity index (χ3n) is 4.86. The van der Waals surface area contributed by atoms with Crippen molar-refractivity contribution in [3.63, 3.8) is 0 Å². The average molecular weight is 377 g/mol. The number of unbranched alkanes of at least 4 members (excludes halogenated alkanes) is 12. The van der Waals surface area contributed by atoms with Crippen LogP contribution in [0.2, 0.25) is 0 Å². The maximum absolute atomic E-state index is 11.7. The molecule has 0 N–H and O–H groups in total. The molecular weight excluding hydrogens is 336 g/mol.